The lowest BCUT2D eigenvalue weighted by atomic mass is 9.94. The van der Waals surface area contributed by atoms with E-state index in [4.69, 9.17) is 4.74 Å². The molecule has 8 heteroatoms. The number of aryl methyl sites for hydroxylation is 1. The Balaban J connectivity index is 3.62. The molecule has 1 rings (SSSR count). The fraction of sp³-hybridized carbons (Fsp3) is 0.710. The number of nitrogens with one attached hydrogen (secondary N) is 2. The van der Waals surface area contributed by atoms with Gasteiger partial charge < -0.3 is 25.4 Å². The van der Waals surface area contributed by atoms with Crippen LogP contribution in [0.5, 0.6) is 5.75 Å². The van der Waals surface area contributed by atoms with Crippen LogP contribution >= 0.6 is 0 Å². The van der Waals surface area contributed by atoms with E-state index in [0.29, 0.717) is 30.5 Å². The molecule has 0 bridgehead atoms. The Labute approximate surface area is 236 Å². The number of nitrogens with zero attached hydrogens (tertiary/aromatic N) is 1. The molecular weight excluding hydrogens is 494 g/mol. The van der Waals surface area contributed by atoms with E-state index in [-0.39, 0.29) is 23.5 Å². The molecule has 0 aliphatic rings. The highest BCUT2D eigenvalue weighted by molar-refractivity contribution is 5.93. The second-order valence-corrected chi connectivity index (χ2v) is 12.6. The molecule has 0 radical (unpaired) electrons. The third kappa shape index (κ3) is 11.5. The van der Waals surface area contributed by atoms with Gasteiger partial charge in [0, 0.05) is 17.6 Å². The van der Waals surface area contributed by atoms with E-state index in [1.165, 1.54) is 4.90 Å². The number of unbranched alkanes of at least 4 members (excludes halogenated alkanes) is 4. The second-order valence-electron chi connectivity index (χ2n) is 12.6. The fourth-order valence-corrected chi connectivity index (χ4v) is 4.34. The van der Waals surface area contributed by atoms with Crippen molar-refractivity contribution in [2.45, 2.75) is 131 Å². The molecule has 39 heavy (non-hydrogen) atoms. The first kappa shape index (κ1) is 34.3. The van der Waals surface area contributed by atoms with Gasteiger partial charge in [0.15, 0.2) is 0 Å². The van der Waals surface area contributed by atoms with Crippen LogP contribution in [-0.4, -0.2) is 51.6 Å². The zero-order chi connectivity index (χ0) is 30.0. The summed E-state index contributed by atoms with van der Waals surface area (Å²) in [5, 5.41) is 16.8. The van der Waals surface area contributed by atoms with Crippen LogP contribution in [0.25, 0.3) is 0 Å². The molecular formula is C31H53N3O5. The quantitative estimate of drug-likeness (QED) is 0.248. The molecule has 0 aromatic heterocycles. The molecule has 0 saturated carbocycles. The van der Waals surface area contributed by atoms with E-state index in [2.05, 4.69) is 17.6 Å². The van der Waals surface area contributed by atoms with Gasteiger partial charge in [-0.05, 0) is 66.4 Å². The second kappa shape index (κ2) is 15.1. The molecule has 3 atom stereocenters. The maximum absolute atomic E-state index is 14.3. The number of aromatic hydroxyl groups is 1. The molecule has 3 amide bonds. The Bertz CT molecular complexity index is 949. The highest BCUT2D eigenvalue weighted by atomic mass is 16.6. The molecule has 3 unspecified atom stereocenters. The lowest BCUT2D eigenvalue weighted by Crippen LogP contribution is -2.56. The zero-order valence-electron chi connectivity index (χ0n) is 25.9. The molecule has 3 N–H and O–H groups in total. The first-order chi connectivity index (χ1) is 18.0. The number of para-hydroxylation sites is 1. The monoisotopic (exact) mass is 547 g/mol. The minimum atomic E-state index is -1.07. The zero-order valence-corrected chi connectivity index (χ0v) is 25.9. The van der Waals surface area contributed by atoms with E-state index >= 15 is 0 Å². The average molecular weight is 548 g/mol. The Morgan fingerprint density at radius 1 is 1.00 bits per heavy atom. The minimum Gasteiger partial charge on any atom is -0.507 e. The molecule has 0 spiro atoms. The number of phenols is 1. The molecule has 0 fully saturated rings. The van der Waals surface area contributed by atoms with Crippen LogP contribution in [0.2, 0.25) is 0 Å². The van der Waals surface area contributed by atoms with Gasteiger partial charge in [0.1, 0.15) is 23.4 Å². The normalized spacial score (nSPS) is 14.2. The highest BCUT2D eigenvalue weighted by Gasteiger charge is 2.39. The number of hydrogen-bond acceptors (Lipinski definition) is 5. The molecule has 222 valence electrons. The third-order valence-electron chi connectivity index (χ3n) is 6.56. The van der Waals surface area contributed by atoms with Crippen LogP contribution in [-0.2, 0) is 14.3 Å². The van der Waals surface area contributed by atoms with E-state index < -0.39 is 29.3 Å². The SMILES string of the molecule is CCCCCCCN(C(=O)C(NC(=O)OC(C)(C)C)C(C)CC)C(C(=O)NC(C)(C)C)c1cccc(C)c1O. The number of carbonyl (C=O) groups is 3. The van der Waals surface area contributed by atoms with Crippen LogP contribution in [0.1, 0.15) is 118 Å². The van der Waals surface area contributed by atoms with Gasteiger partial charge in [0.2, 0.25) is 11.8 Å². The summed E-state index contributed by atoms with van der Waals surface area (Å²) in [4.78, 5) is 42.5. The van der Waals surface area contributed by atoms with E-state index in [9.17, 15) is 19.5 Å². The molecule has 1 aromatic rings. The Morgan fingerprint density at radius 3 is 2.15 bits per heavy atom. The summed E-state index contributed by atoms with van der Waals surface area (Å²) >= 11 is 0. The number of phenolic OH excluding ortho intramolecular Hbond substituents is 1. The van der Waals surface area contributed by atoms with Crippen molar-refractivity contribution in [3.05, 3.63) is 29.3 Å². The van der Waals surface area contributed by atoms with Crippen LogP contribution in [0.3, 0.4) is 0 Å². The Kier molecular flexibility index (Phi) is 13.3. The van der Waals surface area contributed by atoms with E-state index in [1.807, 2.05) is 34.6 Å². The number of rotatable bonds is 13. The number of benzene rings is 1. The lowest BCUT2D eigenvalue weighted by molar-refractivity contribution is -0.144. The summed E-state index contributed by atoms with van der Waals surface area (Å²) in [6.07, 6.45) is 4.75. The van der Waals surface area contributed by atoms with Crippen LogP contribution in [0.15, 0.2) is 18.2 Å². The van der Waals surface area contributed by atoms with Crippen molar-refractivity contribution >= 4 is 17.9 Å². The summed E-state index contributed by atoms with van der Waals surface area (Å²) in [6, 6.07) is 3.25. The standard InChI is InChI=1S/C31H53N3O5/c1-11-13-14-15-16-20-34(28(37)24(21(3)12-2)32-29(38)39-31(8,9)10)25(27(36)33-30(5,6)7)23-19-17-18-22(4)26(23)35/h17-19,21,24-25,35H,11-16,20H2,1-10H3,(H,32,38)(H,33,36). The minimum absolute atomic E-state index is 0.0180. The van der Waals surface area contributed by atoms with Crippen molar-refractivity contribution in [1.82, 2.24) is 15.5 Å². The maximum atomic E-state index is 14.3. The van der Waals surface area contributed by atoms with Gasteiger partial charge in [-0.1, -0.05) is 71.1 Å². The molecule has 0 heterocycles. The van der Waals surface area contributed by atoms with Gasteiger partial charge in [-0.15, -0.1) is 0 Å². The molecule has 1 aromatic carbocycles. The largest absolute Gasteiger partial charge is 0.507 e. The van der Waals surface area contributed by atoms with Crippen molar-refractivity contribution in [1.29, 1.82) is 0 Å². The maximum Gasteiger partial charge on any atom is 0.408 e. The van der Waals surface area contributed by atoms with E-state index in [0.717, 1.165) is 25.7 Å². The van der Waals surface area contributed by atoms with Crippen LogP contribution in [0, 0.1) is 12.8 Å². The topological polar surface area (TPSA) is 108 Å². The molecule has 0 aliphatic carbocycles. The summed E-state index contributed by atoms with van der Waals surface area (Å²) < 4.78 is 5.47. The predicted molar refractivity (Wildman–Crippen MR) is 157 cm³/mol. The number of carbonyl (C=O) groups excluding carboxylic acids is 3. The molecule has 8 nitrogen and oxygen atoms in total. The summed E-state index contributed by atoms with van der Waals surface area (Å²) in [5.41, 5.74) is -0.315. The van der Waals surface area contributed by atoms with E-state index in [1.54, 1.807) is 45.9 Å². The van der Waals surface area contributed by atoms with Gasteiger partial charge in [-0.2, -0.15) is 0 Å². The summed E-state index contributed by atoms with van der Waals surface area (Å²) in [7, 11) is 0. The third-order valence-corrected chi connectivity index (χ3v) is 6.56. The summed E-state index contributed by atoms with van der Waals surface area (Å²) in [6.45, 7) is 19.0. The lowest BCUT2D eigenvalue weighted by Gasteiger charge is -2.37. The Morgan fingerprint density at radius 2 is 1.62 bits per heavy atom. The van der Waals surface area contributed by atoms with Gasteiger partial charge in [-0.25, -0.2) is 4.79 Å². The highest BCUT2D eigenvalue weighted by Crippen LogP contribution is 2.33. The van der Waals surface area contributed by atoms with Gasteiger partial charge in [-0.3, -0.25) is 9.59 Å². The van der Waals surface area contributed by atoms with Crippen molar-refractivity contribution in [2.75, 3.05) is 6.54 Å². The van der Waals surface area contributed by atoms with Crippen molar-refractivity contribution < 1.29 is 24.2 Å². The average Bonchev–Trinajstić information content (AvgIpc) is 2.80. The van der Waals surface area contributed by atoms with Crippen molar-refractivity contribution in [3.63, 3.8) is 0 Å². The molecule has 0 aliphatic heterocycles. The van der Waals surface area contributed by atoms with Crippen molar-refractivity contribution in [2.24, 2.45) is 5.92 Å². The van der Waals surface area contributed by atoms with Crippen molar-refractivity contribution in [3.8, 4) is 5.75 Å². The predicted octanol–water partition coefficient (Wildman–Crippen LogP) is 6.39. The summed E-state index contributed by atoms with van der Waals surface area (Å²) in [5.74, 6) is -0.994. The van der Waals surface area contributed by atoms with Crippen LogP contribution in [0.4, 0.5) is 4.79 Å². The smallest absolute Gasteiger partial charge is 0.408 e. The van der Waals surface area contributed by atoms with Crippen LogP contribution < -0.4 is 10.6 Å². The first-order valence-electron chi connectivity index (χ1n) is 14.4. The van der Waals surface area contributed by atoms with Gasteiger partial charge in [0.25, 0.3) is 0 Å². The Hall–Kier alpha value is -2.77. The fourth-order valence-electron chi connectivity index (χ4n) is 4.34. The number of amides is 3. The number of hydrogen-bond donors (Lipinski definition) is 3. The van der Waals surface area contributed by atoms with Gasteiger partial charge in [0.05, 0.1) is 0 Å². The molecule has 0 saturated heterocycles. The first-order valence-corrected chi connectivity index (χ1v) is 14.4. The van der Waals surface area contributed by atoms with Gasteiger partial charge >= 0.3 is 6.09 Å². The number of alkyl carbamates (subject to hydrolysis) is 1. The number of ether oxygens (including phenoxy) is 1.